The van der Waals surface area contributed by atoms with Crippen molar-refractivity contribution < 1.29 is 4.74 Å². The Bertz CT molecular complexity index is 418. The maximum absolute atomic E-state index is 5.68. The average Bonchev–Trinajstić information content (AvgIpc) is 2.44. The summed E-state index contributed by atoms with van der Waals surface area (Å²) in [7, 11) is 0. The van der Waals surface area contributed by atoms with Gasteiger partial charge in [0.1, 0.15) is 5.75 Å². The molecule has 0 aliphatic carbocycles. The highest BCUT2D eigenvalue weighted by molar-refractivity contribution is 7.80. The number of hydrazone groups is 1. The van der Waals surface area contributed by atoms with E-state index >= 15 is 0 Å². The minimum absolute atomic E-state index is 0.157. The van der Waals surface area contributed by atoms with Gasteiger partial charge in [0.05, 0.1) is 12.8 Å². The molecule has 0 aromatic heterocycles. The van der Waals surface area contributed by atoms with Gasteiger partial charge in [-0.2, -0.15) is 5.10 Å². The van der Waals surface area contributed by atoms with Gasteiger partial charge in [0.15, 0.2) is 5.11 Å². The molecule has 0 atom stereocenters. The van der Waals surface area contributed by atoms with Crippen molar-refractivity contribution in [2.75, 3.05) is 6.61 Å². The number of unbranched alkanes of at least 4 members (excludes halogenated alkanes) is 4. The van der Waals surface area contributed by atoms with Gasteiger partial charge in [-0.3, -0.25) is 5.43 Å². The molecule has 0 aliphatic heterocycles. The van der Waals surface area contributed by atoms with Gasteiger partial charge in [0, 0.05) is 0 Å². The second-order valence-electron chi connectivity index (χ2n) is 4.57. The molecule has 1 rings (SSSR count). The fourth-order valence-corrected chi connectivity index (χ4v) is 1.77. The van der Waals surface area contributed by atoms with Crippen LogP contribution in [-0.2, 0) is 0 Å². The Kier molecular flexibility index (Phi) is 8.38. The van der Waals surface area contributed by atoms with E-state index in [0.29, 0.717) is 0 Å². The molecule has 0 aliphatic rings. The molecule has 110 valence electrons. The SMILES string of the molecule is CCCCCCCOc1ccc(C=NNC(N)=S)cc1. The number of rotatable bonds is 9. The second-order valence-corrected chi connectivity index (χ2v) is 5.01. The van der Waals surface area contributed by atoms with Crippen molar-refractivity contribution in [3.8, 4) is 5.75 Å². The summed E-state index contributed by atoms with van der Waals surface area (Å²) in [5.74, 6) is 0.889. The molecule has 20 heavy (non-hydrogen) atoms. The molecule has 0 bridgehead atoms. The second kappa shape index (κ2) is 10.2. The predicted octanol–water partition coefficient (Wildman–Crippen LogP) is 3.20. The van der Waals surface area contributed by atoms with Crippen molar-refractivity contribution in [3.05, 3.63) is 29.8 Å². The van der Waals surface area contributed by atoms with Crippen LogP contribution in [0, 0.1) is 0 Å². The topological polar surface area (TPSA) is 59.6 Å². The first-order chi connectivity index (χ1) is 9.72. The third-order valence-electron chi connectivity index (χ3n) is 2.79. The van der Waals surface area contributed by atoms with Crippen LogP contribution in [0.5, 0.6) is 5.75 Å². The molecule has 1 aromatic rings. The summed E-state index contributed by atoms with van der Waals surface area (Å²) in [5.41, 5.74) is 8.74. The van der Waals surface area contributed by atoms with Crippen LogP contribution in [-0.4, -0.2) is 17.9 Å². The first-order valence-corrected chi connectivity index (χ1v) is 7.44. The zero-order valence-electron chi connectivity index (χ0n) is 12.0. The lowest BCUT2D eigenvalue weighted by Gasteiger charge is -2.06. The normalized spacial score (nSPS) is 10.7. The summed E-state index contributed by atoms with van der Waals surface area (Å²) < 4.78 is 5.68. The molecular formula is C15H23N3OS. The average molecular weight is 293 g/mol. The van der Waals surface area contributed by atoms with Gasteiger partial charge >= 0.3 is 0 Å². The summed E-state index contributed by atoms with van der Waals surface area (Å²) in [6.07, 6.45) is 7.89. The number of hydrogen-bond acceptors (Lipinski definition) is 3. The van der Waals surface area contributed by atoms with Gasteiger partial charge in [-0.15, -0.1) is 0 Å². The molecule has 5 heteroatoms. The fourth-order valence-electron chi connectivity index (χ4n) is 1.72. The first-order valence-electron chi connectivity index (χ1n) is 7.03. The summed E-state index contributed by atoms with van der Waals surface area (Å²) >= 11 is 4.65. The van der Waals surface area contributed by atoms with E-state index in [-0.39, 0.29) is 5.11 Å². The minimum atomic E-state index is 0.157. The van der Waals surface area contributed by atoms with Crippen LogP contribution in [0.4, 0.5) is 0 Å². The highest BCUT2D eigenvalue weighted by Gasteiger charge is 1.95. The molecule has 0 spiro atoms. The molecular weight excluding hydrogens is 270 g/mol. The molecule has 0 saturated carbocycles. The standard InChI is InChI=1S/C15H23N3OS/c1-2-3-4-5-6-11-19-14-9-7-13(8-10-14)12-17-18-15(16)20/h7-10,12H,2-6,11H2,1H3,(H3,16,18,20). The number of thiocarbonyl (C=S) groups is 1. The van der Waals surface area contributed by atoms with E-state index in [0.717, 1.165) is 24.3 Å². The minimum Gasteiger partial charge on any atom is -0.494 e. The number of benzene rings is 1. The third kappa shape index (κ3) is 7.74. The van der Waals surface area contributed by atoms with E-state index in [1.807, 2.05) is 24.3 Å². The first kappa shape index (κ1) is 16.4. The highest BCUT2D eigenvalue weighted by Crippen LogP contribution is 2.12. The van der Waals surface area contributed by atoms with Crippen LogP contribution in [0.15, 0.2) is 29.4 Å². The van der Waals surface area contributed by atoms with Gasteiger partial charge in [-0.1, -0.05) is 32.6 Å². The van der Waals surface area contributed by atoms with E-state index in [1.165, 1.54) is 25.7 Å². The van der Waals surface area contributed by atoms with Crippen LogP contribution in [0.3, 0.4) is 0 Å². The molecule has 4 nitrogen and oxygen atoms in total. The van der Waals surface area contributed by atoms with Crippen LogP contribution < -0.4 is 15.9 Å². The Balaban J connectivity index is 2.24. The predicted molar refractivity (Wildman–Crippen MR) is 88.2 cm³/mol. The Labute approximate surface area is 126 Å². The lowest BCUT2D eigenvalue weighted by molar-refractivity contribution is 0.304. The summed E-state index contributed by atoms with van der Waals surface area (Å²) in [4.78, 5) is 0. The quantitative estimate of drug-likeness (QED) is 0.318. The smallest absolute Gasteiger partial charge is 0.184 e. The molecule has 0 unspecified atom stereocenters. The number of nitrogens with two attached hydrogens (primary N) is 1. The van der Waals surface area contributed by atoms with Crippen LogP contribution in [0.25, 0.3) is 0 Å². The van der Waals surface area contributed by atoms with E-state index in [1.54, 1.807) is 6.21 Å². The van der Waals surface area contributed by atoms with E-state index < -0.39 is 0 Å². The molecule has 0 radical (unpaired) electrons. The molecule has 0 amide bonds. The summed E-state index contributed by atoms with van der Waals surface area (Å²) in [6, 6.07) is 7.76. The Morgan fingerprint density at radius 1 is 1.25 bits per heavy atom. The Morgan fingerprint density at radius 3 is 2.60 bits per heavy atom. The number of ether oxygens (including phenoxy) is 1. The Morgan fingerprint density at radius 2 is 1.95 bits per heavy atom. The van der Waals surface area contributed by atoms with E-state index in [9.17, 15) is 0 Å². The van der Waals surface area contributed by atoms with Gasteiger partial charge in [0.2, 0.25) is 0 Å². The van der Waals surface area contributed by atoms with Crippen molar-refractivity contribution in [1.82, 2.24) is 5.43 Å². The molecule has 1 aromatic carbocycles. The third-order valence-corrected chi connectivity index (χ3v) is 2.88. The van der Waals surface area contributed by atoms with E-state index in [4.69, 9.17) is 10.5 Å². The maximum atomic E-state index is 5.68. The zero-order chi connectivity index (χ0) is 14.6. The maximum Gasteiger partial charge on any atom is 0.184 e. The van der Waals surface area contributed by atoms with Gasteiger partial charge in [-0.05, 0) is 48.5 Å². The fraction of sp³-hybridized carbons (Fsp3) is 0.467. The molecule has 3 N–H and O–H groups in total. The van der Waals surface area contributed by atoms with Crippen LogP contribution in [0.1, 0.15) is 44.6 Å². The van der Waals surface area contributed by atoms with Crippen molar-refractivity contribution in [1.29, 1.82) is 0 Å². The Hall–Kier alpha value is -1.62. The van der Waals surface area contributed by atoms with Crippen molar-refractivity contribution in [2.24, 2.45) is 10.8 Å². The van der Waals surface area contributed by atoms with E-state index in [2.05, 4.69) is 29.7 Å². The molecule has 0 fully saturated rings. The summed E-state index contributed by atoms with van der Waals surface area (Å²) in [6.45, 7) is 3.00. The van der Waals surface area contributed by atoms with Gasteiger partial charge in [0.25, 0.3) is 0 Å². The van der Waals surface area contributed by atoms with Crippen LogP contribution >= 0.6 is 12.2 Å². The molecule has 0 saturated heterocycles. The molecule has 0 heterocycles. The van der Waals surface area contributed by atoms with Crippen molar-refractivity contribution >= 4 is 23.5 Å². The van der Waals surface area contributed by atoms with Crippen LogP contribution in [0.2, 0.25) is 0 Å². The zero-order valence-corrected chi connectivity index (χ0v) is 12.8. The lowest BCUT2D eigenvalue weighted by atomic mass is 10.2. The van der Waals surface area contributed by atoms with Gasteiger partial charge < -0.3 is 10.5 Å². The lowest BCUT2D eigenvalue weighted by Crippen LogP contribution is -2.23. The highest BCUT2D eigenvalue weighted by atomic mass is 32.1. The van der Waals surface area contributed by atoms with Crippen molar-refractivity contribution in [2.45, 2.75) is 39.0 Å². The number of hydrogen-bond donors (Lipinski definition) is 2. The van der Waals surface area contributed by atoms with Crippen molar-refractivity contribution in [3.63, 3.8) is 0 Å². The van der Waals surface area contributed by atoms with Gasteiger partial charge in [-0.25, -0.2) is 0 Å². The summed E-state index contributed by atoms with van der Waals surface area (Å²) in [5, 5.41) is 4.05. The number of nitrogens with one attached hydrogen (secondary N) is 1. The largest absolute Gasteiger partial charge is 0.494 e. The monoisotopic (exact) mass is 293 g/mol. The number of nitrogens with zero attached hydrogens (tertiary/aromatic N) is 1.